The summed E-state index contributed by atoms with van der Waals surface area (Å²) in [6.45, 7) is 2.69. The van der Waals surface area contributed by atoms with Crippen LogP contribution in [0, 0.1) is 0 Å². The third-order valence-corrected chi connectivity index (χ3v) is 3.35. The van der Waals surface area contributed by atoms with Crippen molar-refractivity contribution < 1.29 is 9.47 Å². The summed E-state index contributed by atoms with van der Waals surface area (Å²) in [7, 11) is 1.74. The highest BCUT2D eigenvalue weighted by atomic mass is 16.5. The first-order chi connectivity index (χ1) is 6.85. The van der Waals surface area contributed by atoms with Crippen molar-refractivity contribution in [2.45, 2.75) is 43.8 Å². The lowest BCUT2D eigenvalue weighted by atomic mass is 9.83. The Bertz CT molecular complexity index is 171. The topological polar surface area (TPSA) is 30.5 Å². The third-order valence-electron chi connectivity index (χ3n) is 3.35. The monoisotopic (exact) mass is 199 g/mol. The Labute approximate surface area is 86.2 Å². The maximum Gasteiger partial charge on any atom is 0.0940 e. The summed E-state index contributed by atoms with van der Waals surface area (Å²) in [5.41, 5.74) is 0.139. The Hall–Kier alpha value is -0.120. The third kappa shape index (κ3) is 2.27. The van der Waals surface area contributed by atoms with E-state index in [1.54, 1.807) is 7.11 Å². The second kappa shape index (κ2) is 4.60. The molecule has 1 aliphatic carbocycles. The number of methoxy groups -OCH3 is 1. The fraction of sp³-hybridized carbons (Fsp3) is 1.00. The Morgan fingerprint density at radius 2 is 2.14 bits per heavy atom. The fourth-order valence-corrected chi connectivity index (χ4v) is 2.67. The fourth-order valence-electron chi connectivity index (χ4n) is 2.67. The van der Waals surface area contributed by atoms with Gasteiger partial charge in [-0.2, -0.15) is 0 Å². The lowest BCUT2D eigenvalue weighted by Gasteiger charge is -2.44. The molecule has 3 nitrogen and oxygen atoms in total. The van der Waals surface area contributed by atoms with Crippen LogP contribution in [0.1, 0.15) is 32.1 Å². The molecule has 14 heavy (non-hydrogen) atoms. The molecule has 0 bridgehead atoms. The molecule has 0 aromatic rings. The number of rotatable bonds is 2. The number of morpholine rings is 1. The first-order valence-electron chi connectivity index (χ1n) is 5.72. The number of ether oxygens (including phenoxy) is 2. The van der Waals surface area contributed by atoms with Crippen LogP contribution < -0.4 is 5.32 Å². The van der Waals surface area contributed by atoms with Crippen LogP contribution in [0.4, 0.5) is 0 Å². The van der Waals surface area contributed by atoms with Gasteiger partial charge in [-0.15, -0.1) is 0 Å². The van der Waals surface area contributed by atoms with Crippen molar-refractivity contribution >= 4 is 0 Å². The molecule has 2 rings (SSSR count). The van der Waals surface area contributed by atoms with Gasteiger partial charge in [0.15, 0.2) is 0 Å². The van der Waals surface area contributed by atoms with Crippen LogP contribution in [0.5, 0.6) is 0 Å². The molecule has 1 saturated carbocycles. The molecule has 1 spiro atoms. The normalized spacial score (nSPS) is 31.9. The van der Waals surface area contributed by atoms with Gasteiger partial charge < -0.3 is 14.8 Å². The van der Waals surface area contributed by atoms with Crippen molar-refractivity contribution in [2.24, 2.45) is 0 Å². The first-order valence-corrected chi connectivity index (χ1v) is 5.72. The zero-order valence-electron chi connectivity index (χ0n) is 9.05. The summed E-state index contributed by atoms with van der Waals surface area (Å²) in [6.07, 6.45) is 6.72. The second-order valence-corrected chi connectivity index (χ2v) is 4.57. The summed E-state index contributed by atoms with van der Waals surface area (Å²) in [5, 5.41) is 3.48. The Morgan fingerprint density at radius 1 is 1.36 bits per heavy atom. The highest BCUT2D eigenvalue weighted by Gasteiger charge is 2.37. The van der Waals surface area contributed by atoms with E-state index in [0.29, 0.717) is 0 Å². The summed E-state index contributed by atoms with van der Waals surface area (Å²) in [6, 6.07) is 0. The molecule has 0 amide bonds. The molecular formula is C11H21NO2. The van der Waals surface area contributed by atoms with Crippen molar-refractivity contribution in [2.75, 3.05) is 26.8 Å². The first kappa shape index (κ1) is 10.4. The quantitative estimate of drug-likeness (QED) is 0.727. The van der Waals surface area contributed by atoms with E-state index in [4.69, 9.17) is 9.47 Å². The molecule has 2 aliphatic rings. The van der Waals surface area contributed by atoms with E-state index in [1.165, 1.54) is 32.1 Å². The van der Waals surface area contributed by atoms with Gasteiger partial charge in [0.2, 0.25) is 0 Å². The highest BCUT2D eigenvalue weighted by molar-refractivity contribution is 4.91. The summed E-state index contributed by atoms with van der Waals surface area (Å²) >= 11 is 0. The van der Waals surface area contributed by atoms with Gasteiger partial charge in [0.25, 0.3) is 0 Å². The van der Waals surface area contributed by atoms with Crippen molar-refractivity contribution in [3.63, 3.8) is 0 Å². The second-order valence-electron chi connectivity index (χ2n) is 4.57. The van der Waals surface area contributed by atoms with Crippen LogP contribution >= 0.6 is 0 Å². The number of nitrogens with one attached hydrogen (secondary N) is 1. The zero-order chi connectivity index (χ0) is 9.86. The molecule has 0 radical (unpaired) electrons. The maximum absolute atomic E-state index is 6.17. The molecule has 1 saturated heterocycles. The summed E-state index contributed by atoms with van der Waals surface area (Å²) in [5.74, 6) is 0. The lowest BCUT2D eigenvalue weighted by Crippen LogP contribution is -2.55. The van der Waals surface area contributed by atoms with Crippen LogP contribution in [0.15, 0.2) is 0 Å². The molecule has 1 N–H and O–H groups in total. The van der Waals surface area contributed by atoms with Gasteiger partial charge in [0.1, 0.15) is 0 Å². The Morgan fingerprint density at radius 3 is 2.86 bits per heavy atom. The van der Waals surface area contributed by atoms with E-state index < -0.39 is 0 Å². The zero-order valence-corrected chi connectivity index (χ0v) is 9.05. The highest BCUT2D eigenvalue weighted by Crippen LogP contribution is 2.33. The summed E-state index contributed by atoms with van der Waals surface area (Å²) < 4.78 is 11.3. The average Bonchev–Trinajstić information content (AvgIpc) is 2.19. The molecular weight excluding hydrogens is 178 g/mol. The van der Waals surface area contributed by atoms with E-state index in [1.807, 2.05) is 0 Å². The predicted molar refractivity (Wildman–Crippen MR) is 55.4 cm³/mol. The maximum atomic E-state index is 6.17. The molecule has 1 atom stereocenters. The minimum absolute atomic E-state index is 0.139. The predicted octanol–water partition coefficient (Wildman–Crippen LogP) is 1.32. The molecule has 0 aromatic heterocycles. The van der Waals surface area contributed by atoms with E-state index in [-0.39, 0.29) is 11.7 Å². The smallest absolute Gasteiger partial charge is 0.0940 e. The Kier molecular flexibility index (Phi) is 3.42. The molecule has 0 aromatic carbocycles. The largest absolute Gasteiger partial charge is 0.382 e. The minimum atomic E-state index is 0.139. The number of hydrogen-bond donors (Lipinski definition) is 1. The molecule has 1 aliphatic heterocycles. The van der Waals surface area contributed by atoms with Crippen LogP contribution in [0.2, 0.25) is 0 Å². The number of hydrogen-bond acceptors (Lipinski definition) is 3. The average molecular weight is 199 g/mol. The van der Waals surface area contributed by atoms with Crippen LogP contribution in [-0.4, -0.2) is 38.5 Å². The van der Waals surface area contributed by atoms with Crippen molar-refractivity contribution in [1.29, 1.82) is 0 Å². The minimum Gasteiger partial charge on any atom is -0.382 e. The summed E-state index contributed by atoms with van der Waals surface area (Å²) in [4.78, 5) is 0. The van der Waals surface area contributed by atoms with Crippen molar-refractivity contribution in [3.05, 3.63) is 0 Å². The van der Waals surface area contributed by atoms with Gasteiger partial charge in [-0.3, -0.25) is 0 Å². The molecule has 82 valence electrons. The van der Waals surface area contributed by atoms with E-state index in [2.05, 4.69) is 5.32 Å². The van der Waals surface area contributed by atoms with Crippen molar-refractivity contribution in [1.82, 2.24) is 5.32 Å². The van der Waals surface area contributed by atoms with Crippen molar-refractivity contribution in [3.8, 4) is 0 Å². The molecule has 1 unspecified atom stereocenters. The van der Waals surface area contributed by atoms with Gasteiger partial charge >= 0.3 is 0 Å². The van der Waals surface area contributed by atoms with Gasteiger partial charge in [-0.25, -0.2) is 0 Å². The standard InChI is InChI=1S/C11H21NO2/c1-13-8-10-7-12-9-11(14-10)5-3-2-4-6-11/h10,12H,2-9H2,1H3. The molecule has 2 fully saturated rings. The van der Waals surface area contributed by atoms with Crippen LogP contribution in [0.3, 0.4) is 0 Å². The lowest BCUT2D eigenvalue weighted by molar-refractivity contribution is -0.149. The molecule has 3 heteroatoms. The van der Waals surface area contributed by atoms with E-state index in [9.17, 15) is 0 Å². The molecule has 1 heterocycles. The van der Waals surface area contributed by atoms with E-state index >= 15 is 0 Å². The van der Waals surface area contributed by atoms with Gasteiger partial charge in [0.05, 0.1) is 18.3 Å². The van der Waals surface area contributed by atoms with Gasteiger partial charge in [0, 0.05) is 20.2 Å². The van der Waals surface area contributed by atoms with Crippen LogP contribution in [0.25, 0.3) is 0 Å². The SMILES string of the molecule is COCC1CNCC2(CCCCC2)O1. The van der Waals surface area contributed by atoms with Gasteiger partial charge in [-0.1, -0.05) is 19.3 Å². The van der Waals surface area contributed by atoms with E-state index in [0.717, 1.165) is 19.7 Å². The Balaban J connectivity index is 1.91. The van der Waals surface area contributed by atoms with Crippen LogP contribution in [-0.2, 0) is 9.47 Å². The van der Waals surface area contributed by atoms with Gasteiger partial charge in [-0.05, 0) is 12.8 Å².